The Hall–Kier alpha value is -2.47. The molecule has 0 atom stereocenters. The number of amidine groups is 1. The molecule has 2 aromatic rings. The predicted molar refractivity (Wildman–Crippen MR) is 117 cm³/mol. The van der Waals surface area contributed by atoms with Crippen molar-refractivity contribution < 1.29 is 14.2 Å². The summed E-state index contributed by atoms with van der Waals surface area (Å²) in [6, 6.07) is 10.1. The van der Waals surface area contributed by atoms with Gasteiger partial charge in [-0.25, -0.2) is 4.99 Å². The highest BCUT2D eigenvalue weighted by Gasteiger charge is 2.22. The minimum atomic E-state index is 0.483. The van der Waals surface area contributed by atoms with Gasteiger partial charge in [0.1, 0.15) is 17.7 Å². The monoisotopic (exact) mass is 491 g/mol. The molecule has 1 heterocycles. The van der Waals surface area contributed by atoms with Gasteiger partial charge in [0.25, 0.3) is 0 Å². The number of nitriles is 1. The summed E-state index contributed by atoms with van der Waals surface area (Å²) in [4.78, 5) is 6.98. The van der Waals surface area contributed by atoms with Crippen LogP contribution < -0.4 is 14.2 Å². The number of hydrogen-bond acceptors (Lipinski definition) is 5. The SMILES string of the molecule is COc1cccc2c1CCN(C(C)=Nc1cc(OC)c(OC)c(I)c1C#N)C2. The maximum atomic E-state index is 9.65. The summed E-state index contributed by atoms with van der Waals surface area (Å²) in [5, 5.41) is 9.65. The van der Waals surface area contributed by atoms with Crippen LogP contribution >= 0.6 is 22.6 Å². The summed E-state index contributed by atoms with van der Waals surface area (Å²) in [7, 11) is 4.85. The van der Waals surface area contributed by atoms with E-state index in [0.717, 1.165) is 31.1 Å². The van der Waals surface area contributed by atoms with Gasteiger partial charge in [-0.2, -0.15) is 5.26 Å². The van der Waals surface area contributed by atoms with Crippen molar-refractivity contribution in [3.8, 4) is 23.3 Å². The maximum Gasteiger partial charge on any atom is 0.175 e. The molecule has 2 aromatic carbocycles. The van der Waals surface area contributed by atoms with Crippen LogP contribution in [-0.4, -0.2) is 38.6 Å². The largest absolute Gasteiger partial charge is 0.496 e. The van der Waals surface area contributed by atoms with Crippen molar-refractivity contribution in [2.75, 3.05) is 27.9 Å². The van der Waals surface area contributed by atoms with Crippen LogP contribution in [0.15, 0.2) is 29.3 Å². The van der Waals surface area contributed by atoms with Crippen molar-refractivity contribution >= 4 is 34.1 Å². The topological polar surface area (TPSA) is 67.1 Å². The molecule has 0 aromatic heterocycles. The quantitative estimate of drug-likeness (QED) is 0.363. The van der Waals surface area contributed by atoms with Gasteiger partial charge in [-0.1, -0.05) is 12.1 Å². The van der Waals surface area contributed by atoms with Crippen molar-refractivity contribution in [1.82, 2.24) is 4.90 Å². The third-order valence-corrected chi connectivity index (χ3v) is 5.91. The van der Waals surface area contributed by atoms with Crippen molar-refractivity contribution in [2.24, 2.45) is 4.99 Å². The number of benzene rings is 2. The van der Waals surface area contributed by atoms with Crippen LogP contribution in [0.2, 0.25) is 0 Å². The van der Waals surface area contributed by atoms with Gasteiger partial charge in [0.2, 0.25) is 0 Å². The fourth-order valence-electron chi connectivity index (χ4n) is 3.42. The van der Waals surface area contributed by atoms with Crippen LogP contribution in [-0.2, 0) is 13.0 Å². The van der Waals surface area contributed by atoms with E-state index in [9.17, 15) is 5.26 Å². The third-order valence-electron chi connectivity index (χ3n) is 4.89. The maximum absolute atomic E-state index is 9.65. The summed E-state index contributed by atoms with van der Waals surface area (Å²) < 4.78 is 17.0. The van der Waals surface area contributed by atoms with E-state index in [1.807, 2.05) is 19.1 Å². The van der Waals surface area contributed by atoms with Gasteiger partial charge in [-0.15, -0.1) is 0 Å². The Bertz CT molecular complexity index is 966. The lowest BCUT2D eigenvalue weighted by Gasteiger charge is -2.31. The summed E-state index contributed by atoms with van der Waals surface area (Å²) in [6.45, 7) is 3.57. The first kappa shape index (κ1) is 20.3. The number of hydrogen-bond donors (Lipinski definition) is 0. The molecule has 0 amide bonds. The number of fused-ring (bicyclic) bond motifs is 1. The Morgan fingerprint density at radius 3 is 2.57 bits per heavy atom. The van der Waals surface area contributed by atoms with Crippen LogP contribution in [0.25, 0.3) is 0 Å². The zero-order valence-corrected chi connectivity index (χ0v) is 18.5. The normalized spacial score (nSPS) is 13.6. The fraction of sp³-hybridized carbons (Fsp3) is 0.333. The predicted octanol–water partition coefficient (Wildman–Crippen LogP) is 4.30. The van der Waals surface area contributed by atoms with Crippen molar-refractivity contribution in [1.29, 1.82) is 5.26 Å². The highest BCUT2D eigenvalue weighted by atomic mass is 127. The standard InChI is InChI=1S/C21H22IN3O3/c1-13(25-9-8-15-14(12-25)6-5-7-18(15)26-2)24-17-10-19(27-3)21(28-4)20(22)16(17)11-23/h5-7,10H,8-9,12H2,1-4H3. The van der Waals surface area contributed by atoms with Crippen molar-refractivity contribution in [3.63, 3.8) is 0 Å². The fourth-order valence-corrected chi connectivity index (χ4v) is 4.30. The van der Waals surface area contributed by atoms with Gasteiger partial charge in [-0.05, 0) is 47.6 Å². The number of methoxy groups -OCH3 is 3. The van der Waals surface area contributed by atoms with E-state index < -0.39 is 0 Å². The number of ether oxygens (including phenoxy) is 3. The van der Waals surface area contributed by atoms with Crippen molar-refractivity contribution in [2.45, 2.75) is 19.9 Å². The highest BCUT2D eigenvalue weighted by molar-refractivity contribution is 14.1. The smallest absolute Gasteiger partial charge is 0.175 e. The molecule has 0 unspecified atom stereocenters. The molecule has 0 radical (unpaired) electrons. The van der Waals surface area contributed by atoms with E-state index in [0.29, 0.717) is 26.3 Å². The Morgan fingerprint density at radius 1 is 1.18 bits per heavy atom. The molecule has 1 aliphatic rings. The molecule has 1 aliphatic heterocycles. The lowest BCUT2D eigenvalue weighted by atomic mass is 9.98. The van der Waals surface area contributed by atoms with E-state index in [1.54, 1.807) is 27.4 Å². The second-order valence-corrected chi connectivity index (χ2v) is 7.44. The number of aliphatic imine (C=N–C) groups is 1. The first-order valence-electron chi connectivity index (χ1n) is 8.83. The molecule has 0 N–H and O–H groups in total. The Kier molecular flexibility index (Phi) is 6.29. The molecule has 146 valence electrons. The lowest BCUT2D eigenvalue weighted by molar-refractivity contribution is 0.353. The molecule has 3 rings (SSSR count). The van der Waals surface area contributed by atoms with Crippen LogP contribution in [0.4, 0.5) is 5.69 Å². The lowest BCUT2D eigenvalue weighted by Crippen LogP contribution is -2.34. The first-order valence-corrected chi connectivity index (χ1v) is 9.91. The van der Waals surface area contributed by atoms with Gasteiger partial charge in [0.15, 0.2) is 11.5 Å². The van der Waals surface area contributed by atoms with Gasteiger partial charge in [-0.3, -0.25) is 0 Å². The van der Waals surface area contributed by atoms with Gasteiger partial charge in [0.05, 0.1) is 36.2 Å². The highest BCUT2D eigenvalue weighted by Crippen LogP contribution is 2.40. The summed E-state index contributed by atoms with van der Waals surface area (Å²) in [5.74, 6) is 2.90. The van der Waals surface area contributed by atoms with E-state index >= 15 is 0 Å². The second-order valence-electron chi connectivity index (χ2n) is 6.36. The Labute approximate surface area is 178 Å². The number of halogens is 1. The first-order chi connectivity index (χ1) is 13.5. The summed E-state index contributed by atoms with van der Waals surface area (Å²) in [6.07, 6.45) is 0.890. The molecular formula is C21H22IN3O3. The minimum Gasteiger partial charge on any atom is -0.496 e. The van der Waals surface area contributed by atoms with E-state index in [2.05, 4.69) is 39.6 Å². The van der Waals surface area contributed by atoms with E-state index in [-0.39, 0.29) is 0 Å². The molecule has 7 heteroatoms. The summed E-state index contributed by atoms with van der Waals surface area (Å²) >= 11 is 2.10. The zero-order valence-electron chi connectivity index (χ0n) is 16.4. The van der Waals surface area contributed by atoms with E-state index in [4.69, 9.17) is 19.2 Å². The van der Waals surface area contributed by atoms with Crippen LogP contribution in [0, 0.1) is 14.9 Å². The van der Waals surface area contributed by atoms with Gasteiger partial charge >= 0.3 is 0 Å². The average Bonchev–Trinajstić information content (AvgIpc) is 2.72. The Balaban J connectivity index is 1.96. The zero-order chi connectivity index (χ0) is 20.3. The molecule has 0 saturated carbocycles. The molecule has 0 aliphatic carbocycles. The molecule has 28 heavy (non-hydrogen) atoms. The van der Waals surface area contributed by atoms with Crippen molar-refractivity contribution in [3.05, 3.63) is 44.5 Å². The molecule has 0 bridgehead atoms. The minimum absolute atomic E-state index is 0.483. The van der Waals surface area contributed by atoms with Gasteiger partial charge in [0, 0.05) is 24.7 Å². The van der Waals surface area contributed by atoms with Crippen LogP contribution in [0.5, 0.6) is 17.2 Å². The number of rotatable bonds is 4. The average molecular weight is 491 g/mol. The molecule has 0 spiro atoms. The molecule has 0 fully saturated rings. The molecule has 0 saturated heterocycles. The third kappa shape index (κ3) is 3.74. The molecule has 6 nitrogen and oxygen atoms in total. The van der Waals surface area contributed by atoms with E-state index in [1.165, 1.54) is 11.1 Å². The number of nitrogens with zero attached hydrogens (tertiary/aromatic N) is 3. The molecular weight excluding hydrogens is 469 g/mol. The second kappa shape index (κ2) is 8.69. The van der Waals surface area contributed by atoms with Gasteiger partial charge < -0.3 is 19.1 Å². The van der Waals surface area contributed by atoms with Crippen LogP contribution in [0.3, 0.4) is 0 Å². The summed E-state index contributed by atoms with van der Waals surface area (Å²) in [5.41, 5.74) is 3.56. The Morgan fingerprint density at radius 2 is 1.93 bits per heavy atom. The van der Waals surface area contributed by atoms with Crippen LogP contribution in [0.1, 0.15) is 23.6 Å².